The van der Waals surface area contributed by atoms with Gasteiger partial charge in [-0.25, -0.2) is 0 Å². The van der Waals surface area contributed by atoms with Crippen molar-refractivity contribution in [1.82, 2.24) is 0 Å². The van der Waals surface area contributed by atoms with Crippen LogP contribution in [0.2, 0.25) is 0 Å². The van der Waals surface area contributed by atoms with Crippen LogP contribution in [0.25, 0.3) is 0 Å². The summed E-state index contributed by atoms with van der Waals surface area (Å²) in [5.74, 6) is -0.925. The molecule has 0 rings (SSSR count). The van der Waals surface area contributed by atoms with Crippen molar-refractivity contribution in [3.63, 3.8) is 0 Å². The molecule has 0 amide bonds. The fourth-order valence-electron chi connectivity index (χ4n) is 1.10. The van der Waals surface area contributed by atoms with E-state index in [2.05, 4.69) is 20.8 Å². The first-order valence-electron chi connectivity index (χ1n) is 5.32. The Hall–Kier alpha value is 0.233. The molecule has 0 aliphatic rings. The van der Waals surface area contributed by atoms with Gasteiger partial charge >= 0.3 is 24.4 Å². The van der Waals surface area contributed by atoms with Gasteiger partial charge in [-0.15, -0.1) is 0 Å². The molecule has 0 bridgehead atoms. The second-order valence-corrected chi connectivity index (χ2v) is 4.78. The van der Waals surface area contributed by atoms with Crippen molar-refractivity contribution in [2.45, 2.75) is 52.9 Å². The molecule has 0 unspecified atom stereocenters. The minimum atomic E-state index is -2.92. The second kappa shape index (κ2) is 12.7. The van der Waals surface area contributed by atoms with Crippen molar-refractivity contribution in [3.05, 3.63) is 0 Å². The van der Waals surface area contributed by atoms with E-state index in [-0.39, 0.29) is 30.8 Å². The van der Waals surface area contributed by atoms with Crippen LogP contribution >= 0.6 is 0 Å². The Balaban J connectivity index is -0.000000340. The molecule has 0 fully saturated rings. The van der Waals surface area contributed by atoms with Crippen LogP contribution in [0.15, 0.2) is 0 Å². The summed E-state index contributed by atoms with van der Waals surface area (Å²) in [6, 6.07) is 0. The zero-order valence-electron chi connectivity index (χ0n) is 10.7. The topological polar surface area (TPSA) is 109 Å². The van der Waals surface area contributed by atoms with Crippen molar-refractivity contribution in [2.75, 3.05) is 0 Å². The Morgan fingerprint density at radius 2 is 1.47 bits per heavy atom. The average Bonchev–Trinajstić information content (AvgIpc) is 1.99. The number of carboxylic acids is 1. The van der Waals surface area contributed by atoms with Gasteiger partial charge in [-0.2, -0.15) is 0 Å². The number of hydrogen-bond donors (Lipinski definition) is 0. The Morgan fingerprint density at radius 1 is 1.06 bits per heavy atom. The van der Waals surface area contributed by atoms with Crippen molar-refractivity contribution < 1.29 is 25.0 Å². The molecule has 7 heteroatoms. The van der Waals surface area contributed by atoms with E-state index in [1.165, 1.54) is 6.42 Å². The van der Waals surface area contributed by atoms with E-state index in [4.69, 9.17) is 15.1 Å². The molecule has 98 valence electrons. The van der Waals surface area contributed by atoms with Gasteiger partial charge in [0, 0.05) is 5.97 Å². The van der Waals surface area contributed by atoms with E-state index in [1.807, 2.05) is 0 Å². The van der Waals surface area contributed by atoms with Crippen LogP contribution in [-0.4, -0.2) is 37.7 Å². The summed E-state index contributed by atoms with van der Waals surface area (Å²) in [4.78, 5) is 10.0. The summed E-state index contributed by atoms with van der Waals surface area (Å²) in [5, 5.41) is 35.3. The molecular formula is C10H20BO5Sb. The van der Waals surface area contributed by atoms with E-state index < -0.39 is 13.3 Å². The van der Waals surface area contributed by atoms with Crippen molar-refractivity contribution in [3.8, 4) is 0 Å². The molecule has 0 saturated heterocycles. The van der Waals surface area contributed by atoms with E-state index in [0.29, 0.717) is 5.41 Å². The van der Waals surface area contributed by atoms with Crippen LogP contribution in [0.1, 0.15) is 52.9 Å². The molecule has 17 heavy (non-hydrogen) atoms. The summed E-state index contributed by atoms with van der Waals surface area (Å²) < 4.78 is 0. The summed E-state index contributed by atoms with van der Waals surface area (Å²) >= 11 is 0. The predicted molar refractivity (Wildman–Crippen MR) is 60.5 cm³/mol. The minimum absolute atomic E-state index is 0. The van der Waals surface area contributed by atoms with Crippen LogP contribution in [0.3, 0.4) is 0 Å². The fourth-order valence-corrected chi connectivity index (χ4v) is 1.10. The molecule has 0 aromatic rings. The molecule has 0 aromatic carbocycles. The van der Waals surface area contributed by atoms with Gasteiger partial charge in [0.05, 0.1) is 0 Å². The molecule has 0 saturated carbocycles. The zero-order chi connectivity index (χ0) is 13.2. The number of carbonyl (C=O) groups excluding carboxylic acids is 1. The quantitative estimate of drug-likeness (QED) is 0.390. The normalized spacial score (nSPS) is 9.76. The van der Waals surface area contributed by atoms with Gasteiger partial charge in [0.2, 0.25) is 0 Å². The summed E-state index contributed by atoms with van der Waals surface area (Å²) in [6.45, 7) is 6.60. The molecule has 0 radical (unpaired) electrons. The van der Waals surface area contributed by atoms with Gasteiger partial charge in [0.15, 0.2) is 0 Å². The Kier molecular flexibility index (Phi) is 16.7. The van der Waals surface area contributed by atoms with Gasteiger partial charge in [-0.05, 0) is 24.7 Å². The summed E-state index contributed by atoms with van der Waals surface area (Å²) in [6.07, 6.45) is 4.27. The van der Waals surface area contributed by atoms with Crippen LogP contribution < -0.4 is 20.2 Å². The predicted octanol–water partition coefficient (Wildman–Crippen LogP) is -2.86. The summed E-state index contributed by atoms with van der Waals surface area (Å²) in [7, 11) is -2.92. The van der Waals surface area contributed by atoms with Gasteiger partial charge in [-0.3, -0.25) is 7.32 Å². The van der Waals surface area contributed by atoms with Gasteiger partial charge in [-0.1, -0.05) is 33.6 Å². The molecule has 0 aliphatic carbocycles. The number of rotatable bonds is 5. The van der Waals surface area contributed by atoms with Crippen molar-refractivity contribution in [2.24, 2.45) is 5.41 Å². The maximum absolute atomic E-state index is 10.0. The van der Waals surface area contributed by atoms with Crippen LogP contribution in [-0.2, 0) is 4.79 Å². The Bertz CT molecular complexity index is 179. The molecule has 0 aliphatic heterocycles. The van der Waals surface area contributed by atoms with Gasteiger partial charge in [0.1, 0.15) is 0 Å². The Labute approximate surface area is 121 Å². The van der Waals surface area contributed by atoms with E-state index >= 15 is 0 Å². The number of aliphatic carboxylic acids is 1. The molecule has 0 N–H and O–H groups in total. The first kappa shape index (κ1) is 22.4. The third-order valence-electron chi connectivity index (χ3n) is 1.81. The first-order chi connectivity index (χ1) is 7.15. The average molecular weight is 353 g/mol. The monoisotopic (exact) mass is 352 g/mol. The zero-order valence-corrected chi connectivity index (χ0v) is 13.5. The van der Waals surface area contributed by atoms with Gasteiger partial charge in [0.25, 0.3) is 0 Å². The third kappa shape index (κ3) is 38.6. The second-order valence-electron chi connectivity index (χ2n) is 4.78. The molecule has 0 heterocycles. The fraction of sp³-hybridized carbons (Fsp3) is 0.900. The van der Waals surface area contributed by atoms with Crippen LogP contribution in [0.4, 0.5) is 0 Å². The van der Waals surface area contributed by atoms with E-state index in [9.17, 15) is 9.90 Å². The third-order valence-corrected chi connectivity index (χ3v) is 1.81. The molecular weight excluding hydrogens is 333 g/mol. The van der Waals surface area contributed by atoms with E-state index in [1.54, 1.807) is 0 Å². The molecule has 0 atom stereocenters. The van der Waals surface area contributed by atoms with Crippen molar-refractivity contribution in [1.29, 1.82) is 0 Å². The maximum atomic E-state index is 10.0. The van der Waals surface area contributed by atoms with Crippen LogP contribution in [0, 0.1) is 5.41 Å². The number of carboxylic acid groups (broad SMARTS) is 1. The van der Waals surface area contributed by atoms with Crippen LogP contribution in [0.5, 0.6) is 0 Å². The number of carbonyl (C=O) groups is 1. The molecule has 0 spiro atoms. The number of unbranched alkanes of at least 4 members (excludes halogenated alkanes) is 2. The molecule has 5 nitrogen and oxygen atoms in total. The SMILES string of the molecule is CC(C)(C)CCCCCC(=O)[O-].[O-]B([O-])[O-].[SbH+4]. The Morgan fingerprint density at radius 3 is 1.76 bits per heavy atom. The summed E-state index contributed by atoms with van der Waals surface area (Å²) in [5.41, 5.74) is 0.376. The van der Waals surface area contributed by atoms with Crippen molar-refractivity contribution >= 4 is 37.7 Å². The van der Waals surface area contributed by atoms with E-state index in [0.717, 1.165) is 19.3 Å². The standard InChI is InChI=1S/C10H20O2.BO3.Sb.H/c1-10(2,3)8-6-4-5-7-9(11)12;2-1(3)4;;/h4-8H2,1-3H3,(H,11,12);;;/q;-3;+4;/p-1. The molecule has 0 aromatic heterocycles. The first-order valence-corrected chi connectivity index (χ1v) is 5.32. The van der Waals surface area contributed by atoms with Gasteiger partial charge < -0.3 is 25.0 Å². The number of hydrogen-bond acceptors (Lipinski definition) is 5.